The summed E-state index contributed by atoms with van der Waals surface area (Å²) in [4.78, 5) is 0. The Bertz CT molecular complexity index is 188. The van der Waals surface area contributed by atoms with Crippen LogP contribution in [0.1, 0.15) is 0 Å². The highest BCUT2D eigenvalue weighted by atomic mass is 19.1. The van der Waals surface area contributed by atoms with E-state index < -0.39 is 24.7 Å². The third kappa shape index (κ3) is 0.722. The smallest absolute Gasteiger partial charge is 0.103 e. The minimum atomic E-state index is -1.10. The maximum atomic E-state index is 12.1. The van der Waals surface area contributed by atoms with Crippen molar-refractivity contribution in [3.63, 3.8) is 0 Å². The third-order valence-electron chi connectivity index (χ3n) is 1.88. The Hall–Kier alpha value is -0.910. The Morgan fingerprint density at radius 1 is 1.50 bits per heavy atom. The molecule has 0 saturated carbocycles. The highest BCUT2D eigenvalue weighted by molar-refractivity contribution is 5.25. The van der Waals surface area contributed by atoms with Crippen molar-refractivity contribution in [1.29, 1.82) is 5.26 Å². The fourth-order valence-corrected chi connectivity index (χ4v) is 0.927. The molecule has 3 heteroatoms. The predicted molar refractivity (Wildman–Crippen MR) is 32.6 cm³/mol. The van der Waals surface area contributed by atoms with Crippen molar-refractivity contribution in [2.75, 3.05) is 13.3 Å². The van der Waals surface area contributed by atoms with Gasteiger partial charge in [-0.15, -0.1) is 0 Å². The molecule has 0 amide bonds. The van der Waals surface area contributed by atoms with Crippen LogP contribution in [0, 0.1) is 22.7 Å². The molecular weight excluding hydrogens is 136 g/mol. The van der Waals surface area contributed by atoms with Crippen LogP contribution in [0.25, 0.3) is 0 Å². The van der Waals surface area contributed by atoms with Gasteiger partial charge in [-0.25, -0.2) is 8.78 Å². The molecule has 1 aliphatic rings. The minimum Gasteiger partial charge on any atom is -0.250 e. The van der Waals surface area contributed by atoms with E-state index in [1.807, 2.05) is 6.07 Å². The molecule has 0 aromatic heterocycles. The summed E-state index contributed by atoms with van der Waals surface area (Å²) in [6.07, 6.45) is 2.96. The summed E-state index contributed by atoms with van der Waals surface area (Å²) in [7, 11) is 0. The zero-order valence-electron chi connectivity index (χ0n) is 5.35. The summed E-state index contributed by atoms with van der Waals surface area (Å²) in [5, 5.41) is 8.35. The highest BCUT2D eigenvalue weighted by Crippen LogP contribution is 2.39. The Balaban J connectivity index is 2.72. The first-order valence-corrected chi connectivity index (χ1v) is 3.00. The van der Waals surface area contributed by atoms with Crippen LogP contribution < -0.4 is 0 Å². The van der Waals surface area contributed by atoms with E-state index in [1.165, 1.54) is 12.2 Å². The molecule has 0 spiro atoms. The molecule has 1 atom stereocenters. The van der Waals surface area contributed by atoms with Crippen molar-refractivity contribution in [2.45, 2.75) is 0 Å². The number of hydrogen-bond acceptors (Lipinski definition) is 1. The van der Waals surface area contributed by atoms with Gasteiger partial charge < -0.3 is 0 Å². The molecule has 0 bridgehead atoms. The topological polar surface area (TPSA) is 23.8 Å². The monoisotopic (exact) mass is 143 g/mol. The summed E-state index contributed by atoms with van der Waals surface area (Å²) in [6, 6.07) is 1.83. The predicted octanol–water partition coefficient (Wildman–Crippen LogP) is 1.62. The minimum absolute atomic E-state index is 0.567. The number of allylic oxidation sites excluding steroid dienone is 2. The van der Waals surface area contributed by atoms with E-state index in [1.54, 1.807) is 0 Å². The summed E-state index contributed by atoms with van der Waals surface area (Å²) in [6.45, 7) is -1.56. The van der Waals surface area contributed by atoms with Gasteiger partial charge in [0.15, 0.2) is 0 Å². The molecular formula is C7H7F2N. The van der Waals surface area contributed by atoms with Gasteiger partial charge in [0.1, 0.15) is 13.3 Å². The molecule has 54 valence electrons. The van der Waals surface area contributed by atoms with E-state index >= 15 is 0 Å². The van der Waals surface area contributed by atoms with Crippen LogP contribution in [0.5, 0.6) is 0 Å². The summed E-state index contributed by atoms with van der Waals surface area (Å²) < 4.78 is 24.2. The van der Waals surface area contributed by atoms with Crippen LogP contribution in [0.3, 0.4) is 0 Å². The molecule has 0 fully saturated rings. The first-order chi connectivity index (χ1) is 4.79. The van der Waals surface area contributed by atoms with Crippen LogP contribution in [-0.4, -0.2) is 13.3 Å². The molecule has 0 heterocycles. The van der Waals surface area contributed by atoms with Crippen LogP contribution in [-0.2, 0) is 0 Å². The van der Waals surface area contributed by atoms with E-state index in [0.717, 1.165) is 0 Å². The van der Waals surface area contributed by atoms with Crippen molar-refractivity contribution >= 4 is 0 Å². The fraction of sp³-hybridized carbons (Fsp3) is 0.571. The number of alkyl halides is 2. The first-order valence-electron chi connectivity index (χ1n) is 3.00. The lowest BCUT2D eigenvalue weighted by molar-refractivity contribution is 0.156. The van der Waals surface area contributed by atoms with Crippen molar-refractivity contribution < 1.29 is 8.78 Å². The molecule has 0 aliphatic heterocycles. The normalized spacial score (nSPS) is 27.1. The SMILES string of the molecule is N#CC1C=CC1(CF)CF. The lowest BCUT2D eigenvalue weighted by atomic mass is 9.69. The van der Waals surface area contributed by atoms with Crippen molar-refractivity contribution in [3.05, 3.63) is 12.2 Å². The maximum Gasteiger partial charge on any atom is 0.103 e. The summed E-state index contributed by atoms with van der Waals surface area (Å²) in [5.41, 5.74) is -1.10. The van der Waals surface area contributed by atoms with Crippen LogP contribution >= 0.6 is 0 Å². The molecule has 1 nitrogen and oxygen atoms in total. The van der Waals surface area contributed by atoms with E-state index in [2.05, 4.69) is 0 Å². The number of hydrogen-bond donors (Lipinski definition) is 0. The quantitative estimate of drug-likeness (QED) is 0.539. The van der Waals surface area contributed by atoms with Gasteiger partial charge in [-0.3, -0.25) is 0 Å². The van der Waals surface area contributed by atoms with E-state index in [-0.39, 0.29) is 0 Å². The van der Waals surface area contributed by atoms with Crippen LogP contribution in [0.4, 0.5) is 8.78 Å². The standard InChI is InChI=1S/C7H7F2N/c8-4-7(5-9)2-1-6(7)3-10/h1-2,6H,4-5H2. The van der Waals surface area contributed by atoms with Gasteiger partial charge in [0.2, 0.25) is 0 Å². The number of nitriles is 1. The second kappa shape index (κ2) is 2.37. The zero-order chi connectivity index (χ0) is 7.61. The molecule has 0 N–H and O–H groups in total. The van der Waals surface area contributed by atoms with Gasteiger partial charge >= 0.3 is 0 Å². The molecule has 0 aromatic rings. The number of halogens is 2. The van der Waals surface area contributed by atoms with Gasteiger partial charge in [-0.05, 0) is 0 Å². The van der Waals surface area contributed by atoms with E-state index in [9.17, 15) is 8.78 Å². The highest BCUT2D eigenvalue weighted by Gasteiger charge is 2.42. The number of nitrogens with zero attached hydrogens (tertiary/aromatic N) is 1. The molecule has 1 aliphatic carbocycles. The van der Waals surface area contributed by atoms with Gasteiger partial charge in [-0.2, -0.15) is 5.26 Å². The second-order valence-electron chi connectivity index (χ2n) is 2.47. The van der Waals surface area contributed by atoms with E-state index in [0.29, 0.717) is 0 Å². The van der Waals surface area contributed by atoms with Gasteiger partial charge in [0.05, 0.1) is 17.4 Å². The Kier molecular flexibility index (Phi) is 1.71. The Labute approximate surface area is 58.0 Å². The van der Waals surface area contributed by atoms with Gasteiger partial charge in [0, 0.05) is 0 Å². The molecule has 0 radical (unpaired) electrons. The second-order valence-corrected chi connectivity index (χ2v) is 2.47. The maximum absolute atomic E-state index is 12.1. The first kappa shape index (κ1) is 7.20. The van der Waals surface area contributed by atoms with E-state index in [4.69, 9.17) is 5.26 Å². The molecule has 10 heavy (non-hydrogen) atoms. The number of rotatable bonds is 2. The largest absolute Gasteiger partial charge is 0.250 e. The van der Waals surface area contributed by atoms with Gasteiger partial charge in [0.25, 0.3) is 0 Å². The lowest BCUT2D eigenvalue weighted by Gasteiger charge is -2.34. The Morgan fingerprint density at radius 3 is 2.20 bits per heavy atom. The molecule has 1 rings (SSSR count). The average molecular weight is 143 g/mol. The molecule has 0 saturated heterocycles. The summed E-state index contributed by atoms with van der Waals surface area (Å²) >= 11 is 0. The van der Waals surface area contributed by atoms with Crippen molar-refractivity contribution in [1.82, 2.24) is 0 Å². The summed E-state index contributed by atoms with van der Waals surface area (Å²) in [5.74, 6) is -0.567. The zero-order valence-corrected chi connectivity index (χ0v) is 5.35. The lowest BCUT2D eigenvalue weighted by Crippen LogP contribution is -2.37. The third-order valence-corrected chi connectivity index (χ3v) is 1.88. The Morgan fingerprint density at radius 2 is 2.10 bits per heavy atom. The van der Waals surface area contributed by atoms with Crippen LogP contribution in [0.15, 0.2) is 12.2 Å². The molecule has 0 aromatic carbocycles. The van der Waals surface area contributed by atoms with Gasteiger partial charge in [-0.1, -0.05) is 12.2 Å². The molecule has 1 unspecified atom stereocenters. The fourth-order valence-electron chi connectivity index (χ4n) is 0.927. The average Bonchev–Trinajstić information content (AvgIpc) is 1.90. The van der Waals surface area contributed by atoms with Crippen molar-refractivity contribution in [3.8, 4) is 6.07 Å². The van der Waals surface area contributed by atoms with Crippen molar-refractivity contribution in [2.24, 2.45) is 11.3 Å². The van der Waals surface area contributed by atoms with Crippen LogP contribution in [0.2, 0.25) is 0 Å².